The molecule has 1 aliphatic heterocycles. The van der Waals surface area contributed by atoms with E-state index in [1.54, 1.807) is 6.20 Å². The third-order valence-electron chi connectivity index (χ3n) is 2.93. The first kappa shape index (κ1) is 13.6. The highest BCUT2D eigenvalue weighted by Gasteiger charge is 2.25. The molecule has 0 atom stereocenters. The second-order valence-electron chi connectivity index (χ2n) is 4.10. The fourth-order valence-corrected chi connectivity index (χ4v) is 2.13. The Kier molecular flexibility index (Phi) is 4.21. The van der Waals surface area contributed by atoms with Gasteiger partial charge in [0.05, 0.1) is 18.0 Å². The minimum Gasteiger partial charge on any atom is -0.478 e. The van der Waals surface area contributed by atoms with Gasteiger partial charge in [0.25, 0.3) is 0 Å². The van der Waals surface area contributed by atoms with Gasteiger partial charge in [-0.1, -0.05) is 0 Å². The number of alkyl halides is 1. The number of aromatic nitrogens is 1. The van der Waals surface area contributed by atoms with Gasteiger partial charge in [0.2, 0.25) is 0 Å². The summed E-state index contributed by atoms with van der Waals surface area (Å²) in [6.45, 7) is 0.903. The predicted molar refractivity (Wildman–Crippen MR) is 67.4 cm³/mol. The Balaban J connectivity index is 2.14. The third-order valence-corrected chi connectivity index (χ3v) is 3.09. The van der Waals surface area contributed by atoms with Crippen molar-refractivity contribution >= 4 is 23.7 Å². The fourth-order valence-electron chi connectivity index (χ4n) is 2.05. The second-order valence-corrected chi connectivity index (χ2v) is 4.48. The van der Waals surface area contributed by atoms with Crippen LogP contribution in [0, 0.1) is 0 Å². The summed E-state index contributed by atoms with van der Waals surface area (Å²) in [6.07, 6.45) is 2.97. The number of hydrogen-bond acceptors (Lipinski definition) is 4. The molecular weight excluding hydrogens is 272 g/mol. The van der Waals surface area contributed by atoms with Gasteiger partial charge in [0.15, 0.2) is 0 Å². The third kappa shape index (κ3) is 2.96. The quantitative estimate of drug-likeness (QED) is 0.851. The summed E-state index contributed by atoms with van der Waals surface area (Å²) in [5.41, 5.74) is 1.68. The topological polar surface area (TPSA) is 79.7 Å². The molecule has 1 aliphatic rings. The zero-order chi connectivity index (χ0) is 13.8. The first-order valence-electron chi connectivity index (χ1n) is 5.80. The van der Waals surface area contributed by atoms with E-state index >= 15 is 0 Å². The standard InChI is InChI=1S/C12H13ClN2O4/c13-2-4-19-12(18)15-3-1-9-8(7-15)5-14-6-10(9)11(16)17/h5-6H,1-4,7H2,(H,16,17). The molecule has 1 amide bonds. The van der Waals surface area contributed by atoms with Gasteiger partial charge < -0.3 is 14.7 Å². The second kappa shape index (κ2) is 5.88. The number of halogens is 1. The zero-order valence-electron chi connectivity index (χ0n) is 10.1. The molecule has 0 bridgehead atoms. The van der Waals surface area contributed by atoms with Gasteiger partial charge in [0, 0.05) is 18.9 Å². The number of fused-ring (bicyclic) bond motifs is 1. The van der Waals surface area contributed by atoms with Gasteiger partial charge in [0.1, 0.15) is 6.61 Å². The number of nitrogens with zero attached hydrogens (tertiary/aromatic N) is 2. The van der Waals surface area contributed by atoms with Crippen LogP contribution in [0.3, 0.4) is 0 Å². The SMILES string of the molecule is O=C(O)c1cncc2c1CCN(C(=O)OCCCl)C2. The van der Waals surface area contributed by atoms with Crippen LogP contribution in [0.15, 0.2) is 12.4 Å². The van der Waals surface area contributed by atoms with Crippen molar-refractivity contribution < 1.29 is 19.4 Å². The summed E-state index contributed by atoms with van der Waals surface area (Å²) in [5, 5.41) is 9.07. The molecule has 0 fully saturated rings. The van der Waals surface area contributed by atoms with E-state index in [1.165, 1.54) is 11.1 Å². The lowest BCUT2D eigenvalue weighted by atomic mass is 9.97. The number of carbonyl (C=O) groups excluding carboxylic acids is 1. The summed E-state index contributed by atoms with van der Waals surface area (Å²) in [7, 11) is 0. The molecule has 2 heterocycles. The first-order chi connectivity index (χ1) is 9.13. The average Bonchev–Trinajstić information content (AvgIpc) is 2.43. The van der Waals surface area contributed by atoms with Crippen molar-refractivity contribution in [2.24, 2.45) is 0 Å². The summed E-state index contributed by atoms with van der Waals surface area (Å²) < 4.78 is 4.94. The van der Waals surface area contributed by atoms with Crippen LogP contribution in [0.2, 0.25) is 0 Å². The highest BCUT2D eigenvalue weighted by atomic mass is 35.5. The van der Waals surface area contributed by atoms with Crippen molar-refractivity contribution in [2.45, 2.75) is 13.0 Å². The van der Waals surface area contributed by atoms with Crippen molar-refractivity contribution in [3.63, 3.8) is 0 Å². The lowest BCUT2D eigenvalue weighted by Gasteiger charge is -2.28. The Morgan fingerprint density at radius 2 is 2.26 bits per heavy atom. The lowest BCUT2D eigenvalue weighted by Crippen LogP contribution is -2.37. The molecular formula is C12H13ClN2O4. The highest BCUT2D eigenvalue weighted by molar-refractivity contribution is 6.18. The molecule has 1 N–H and O–H groups in total. The lowest BCUT2D eigenvalue weighted by molar-refractivity contribution is 0.0694. The van der Waals surface area contributed by atoms with Crippen molar-refractivity contribution in [3.8, 4) is 0 Å². The van der Waals surface area contributed by atoms with Crippen molar-refractivity contribution in [1.29, 1.82) is 0 Å². The monoisotopic (exact) mass is 284 g/mol. The van der Waals surface area contributed by atoms with Crippen LogP contribution in [-0.2, 0) is 17.7 Å². The van der Waals surface area contributed by atoms with Crippen LogP contribution < -0.4 is 0 Å². The molecule has 7 heteroatoms. The molecule has 0 saturated heterocycles. The number of hydrogen-bond donors (Lipinski definition) is 1. The molecule has 102 valence electrons. The maximum absolute atomic E-state index is 11.7. The van der Waals surface area contributed by atoms with Crippen molar-refractivity contribution in [1.82, 2.24) is 9.88 Å². The van der Waals surface area contributed by atoms with Gasteiger partial charge in [-0.15, -0.1) is 11.6 Å². The smallest absolute Gasteiger partial charge is 0.410 e. The van der Waals surface area contributed by atoms with Gasteiger partial charge >= 0.3 is 12.1 Å². The number of rotatable bonds is 3. The van der Waals surface area contributed by atoms with Crippen LogP contribution in [0.5, 0.6) is 0 Å². The number of carbonyl (C=O) groups is 2. The number of carboxylic acid groups (broad SMARTS) is 1. The molecule has 6 nitrogen and oxygen atoms in total. The van der Waals surface area contributed by atoms with Crippen molar-refractivity contribution in [2.75, 3.05) is 19.0 Å². The molecule has 1 aromatic heterocycles. The Labute approximate surface area is 114 Å². The summed E-state index contributed by atoms with van der Waals surface area (Å²) in [6, 6.07) is 0. The maximum atomic E-state index is 11.7. The fraction of sp³-hybridized carbons (Fsp3) is 0.417. The summed E-state index contributed by atoms with van der Waals surface area (Å²) in [5.74, 6) is -0.747. The van der Waals surface area contributed by atoms with Gasteiger partial charge in [-0.3, -0.25) is 4.98 Å². The zero-order valence-corrected chi connectivity index (χ0v) is 10.9. The van der Waals surface area contributed by atoms with E-state index in [0.29, 0.717) is 19.5 Å². The van der Waals surface area contributed by atoms with Gasteiger partial charge in [-0.05, 0) is 17.5 Å². The minimum atomic E-state index is -0.998. The number of ether oxygens (including phenoxy) is 1. The number of carboxylic acids is 1. The largest absolute Gasteiger partial charge is 0.478 e. The Bertz CT molecular complexity index is 507. The Hall–Kier alpha value is -1.82. The molecule has 1 aromatic rings. The van der Waals surface area contributed by atoms with Gasteiger partial charge in [-0.2, -0.15) is 0 Å². The van der Waals surface area contributed by atoms with Crippen LogP contribution in [-0.4, -0.2) is 46.1 Å². The summed E-state index contributed by atoms with van der Waals surface area (Å²) >= 11 is 5.45. The minimum absolute atomic E-state index is 0.164. The van der Waals surface area contributed by atoms with E-state index in [2.05, 4.69) is 4.98 Å². The number of pyridine rings is 1. The van der Waals surface area contributed by atoms with E-state index in [1.807, 2.05) is 0 Å². The van der Waals surface area contributed by atoms with E-state index in [9.17, 15) is 9.59 Å². The van der Waals surface area contributed by atoms with E-state index < -0.39 is 12.1 Å². The Morgan fingerprint density at radius 1 is 1.47 bits per heavy atom. The van der Waals surface area contributed by atoms with E-state index in [-0.39, 0.29) is 18.1 Å². The van der Waals surface area contributed by atoms with Crippen LogP contribution >= 0.6 is 11.6 Å². The molecule has 19 heavy (non-hydrogen) atoms. The molecule has 0 aliphatic carbocycles. The average molecular weight is 285 g/mol. The van der Waals surface area contributed by atoms with Crippen LogP contribution in [0.1, 0.15) is 21.5 Å². The predicted octanol–water partition coefficient (Wildman–Crippen LogP) is 1.51. The Morgan fingerprint density at radius 3 is 2.95 bits per heavy atom. The van der Waals surface area contributed by atoms with E-state index in [0.717, 1.165) is 11.1 Å². The number of amides is 1. The van der Waals surface area contributed by atoms with Crippen molar-refractivity contribution in [3.05, 3.63) is 29.1 Å². The molecule has 0 spiro atoms. The molecule has 2 rings (SSSR count). The molecule has 0 unspecified atom stereocenters. The van der Waals surface area contributed by atoms with E-state index in [4.69, 9.17) is 21.4 Å². The normalized spacial score (nSPS) is 13.8. The van der Waals surface area contributed by atoms with Crippen LogP contribution in [0.4, 0.5) is 4.79 Å². The molecule has 0 saturated carbocycles. The van der Waals surface area contributed by atoms with Crippen LogP contribution in [0.25, 0.3) is 0 Å². The maximum Gasteiger partial charge on any atom is 0.410 e. The summed E-state index contributed by atoms with van der Waals surface area (Å²) in [4.78, 5) is 28.2. The first-order valence-corrected chi connectivity index (χ1v) is 6.33. The highest BCUT2D eigenvalue weighted by Crippen LogP contribution is 2.22. The molecule has 0 radical (unpaired) electrons. The van der Waals surface area contributed by atoms with Gasteiger partial charge in [-0.25, -0.2) is 9.59 Å². The number of aromatic carboxylic acids is 1. The molecule has 0 aromatic carbocycles.